The van der Waals surface area contributed by atoms with Crippen LogP contribution < -0.4 is 9.47 Å². The molecule has 7 nitrogen and oxygen atoms in total. The highest BCUT2D eigenvalue weighted by Crippen LogP contribution is 2.35. The average Bonchev–Trinajstić information content (AvgIpc) is 3.13. The van der Waals surface area contributed by atoms with Crippen molar-refractivity contribution in [1.82, 2.24) is 14.5 Å². The van der Waals surface area contributed by atoms with Crippen molar-refractivity contribution in [3.63, 3.8) is 0 Å². The first-order chi connectivity index (χ1) is 15.7. The van der Waals surface area contributed by atoms with E-state index in [1.54, 1.807) is 14.2 Å². The highest BCUT2D eigenvalue weighted by Gasteiger charge is 2.27. The minimum absolute atomic E-state index is 0.222. The molecular weight excluding hydrogens is 418 g/mol. The number of hydrogen-bond acceptors (Lipinski definition) is 5. The van der Waals surface area contributed by atoms with Crippen LogP contribution in [-0.2, 0) is 11.8 Å². The monoisotopic (exact) mass is 451 g/mol. The summed E-state index contributed by atoms with van der Waals surface area (Å²) >= 11 is 0. The van der Waals surface area contributed by atoms with E-state index in [1.165, 1.54) is 5.56 Å². The van der Waals surface area contributed by atoms with Crippen LogP contribution in [0.3, 0.4) is 0 Å². The molecule has 1 aromatic heterocycles. The first kappa shape index (κ1) is 23.0. The Morgan fingerprint density at radius 1 is 1.00 bits per heavy atom. The number of rotatable bonds is 4. The summed E-state index contributed by atoms with van der Waals surface area (Å²) in [6.07, 6.45) is 1.61. The first-order valence-electron chi connectivity index (χ1n) is 11.4. The van der Waals surface area contributed by atoms with Crippen LogP contribution in [0.25, 0.3) is 22.4 Å². The normalized spacial score (nSPS) is 15.0. The van der Waals surface area contributed by atoms with E-state index in [0.717, 1.165) is 35.3 Å². The van der Waals surface area contributed by atoms with Crippen LogP contribution in [0.2, 0.25) is 0 Å². The Bertz CT molecular complexity index is 1150. The summed E-state index contributed by atoms with van der Waals surface area (Å²) in [7, 11) is 5.30. The van der Waals surface area contributed by atoms with Gasteiger partial charge in [0.1, 0.15) is 11.4 Å². The summed E-state index contributed by atoms with van der Waals surface area (Å²) in [6.45, 7) is 7.11. The van der Waals surface area contributed by atoms with Crippen LogP contribution in [0.4, 0.5) is 4.79 Å². The second-order valence-corrected chi connectivity index (χ2v) is 9.55. The zero-order valence-electron chi connectivity index (χ0n) is 20.3. The van der Waals surface area contributed by atoms with E-state index in [-0.39, 0.29) is 6.09 Å². The zero-order valence-corrected chi connectivity index (χ0v) is 20.3. The Hall–Kier alpha value is -3.22. The van der Waals surface area contributed by atoms with Gasteiger partial charge in [-0.25, -0.2) is 9.78 Å². The molecule has 2 heterocycles. The number of nitrogens with zero attached hydrogens (tertiary/aromatic N) is 3. The Morgan fingerprint density at radius 3 is 2.33 bits per heavy atom. The maximum Gasteiger partial charge on any atom is 0.410 e. The molecular formula is C26H33N3O4. The number of methoxy groups -OCH3 is 2. The van der Waals surface area contributed by atoms with E-state index in [2.05, 4.69) is 22.8 Å². The fourth-order valence-corrected chi connectivity index (χ4v) is 4.43. The number of aromatic nitrogens is 2. The molecule has 4 rings (SSSR count). The van der Waals surface area contributed by atoms with Crippen LogP contribution in [0.5, 0.6) is 11.5 Å². The molecule has 1 fully saturated rings. The molecule has 176 valence electrons. The zero-order chi connectivity index (χ0) is 23.8. The summed E-state index contributed by atoms with van der Waals surface area (Å²) < 4.78 is 18.4. The van der Waals surface area contributed by atoms with E-state index in [4.69, 9.17) is 19.2 Å². The molecule has 0 N–H and O–H groups in total. The van der Waals surface area contributed by atoms with E-state index in [1.807, 2.05) is 50.9 Å². The third kappa shape index (κ3) is 4.77. The molecule has 1 aliphatic heterocycles. The predicted molar refractivity (Wildman–Crippen MR) is 129 cm³/mol. The van der Waals surface area contributed by atoms with Crippen LogP contribution in [0, 0.1) is 0 Å². The maximum absolute atomic E-state index is 12.4. The van der Waals surface area contributed by atoms with Crippen molar-refractivity contribution in [3.05, 3.63) is 42.0 Å². The van der Waals surface area contributed by atoms with Gasteiger partial charge in [-0.15, -0.1) is 0 Å². The topological polar surface area (TPSA) is 65.8 Å². The van der Waals surface area contributed by atoms with Gasteiger partial charge >= 0.3 is 6.09 Å². The molecule has 7 heteroatoms. The summed E-state index contributed by atoms with van der Waals surface area (Å²) in [6, 6.07) is 12.4. The largest absolute Gasteiger partial charge is 0.493 e. The molecule has 0 saturated carbocycles. The van der Waals surface area contributed by atoms with Gasteiger partial charge in [0.15, 0.2) is 11.5 Å². The number of aryl methyl sites for hydroxylation is 1. The molecule has 0 bridgehead atoms. The van der Waals surface area contributed by atoms with E-state index in [0.29, 0.717) is 30.5 Å². The van der Waals surface area contributed by atoms with Gasteiger partial charge in [0, 0.05) is 25.7 Å². The standard InChI is InChI=1S/C26H33N3O4/c1-26(2,3)33-25(30)29-13-11-17(12-14-29)18-7-9-21-20(15-18)27-24(28(21)4)19-8-10-22(31-5)23(16-19)32-6/h7-10,15-17H,11-14H2,1-6H3. The molecule has 3 aromatic rings. The number of piperidine rings is 1. The predicted octanol–water partition coefficient (Wildman–Crippen LogP) is 5.37. The van der Waals surface area contributed by atoms with E-state index < -0.39 is 5.60 Å². The quantitative estimate of drug-likeness (QED) is 0.533. The number of likely N-dealkylation sites (tertiary alicyclic amines) is 1. The molecule has 2 aromatic carbocycles. The Morgan fingerprint density at radius 2 is 1.70 bits per heavy atom. The summed E-state index contributed by atoms with van der Waals surface area (Å²) in [5.41, 5.74) is 3.81. The molecule has 1 aliphatic rings. The molecule has 33 heavy (non-hydrogen) atoms. The van der Waals surface area contributed by atoms with Crippen molar-refractivity contribution in [3.8, 4) is 22.9 Å². The fourth-order valence-electron chi connectivity index (χ4n) is 4.43. The number of hydrogen-bond donors (Lipinski definition) is 0. The van der Waals surface area contributed by atoms with Crippen LogP contribution in [0.1, 0.15) is 45.1 Å². The van der Waals surface area contributed by atoms with E-state index >= 15 is 0 Å². The molecule has 0 aliphatic carbocycles. The third-order valence-corrected chi connectivity index (χ3v) is 6.16. The van der Waals surface area contributed by atoms with Crippen molar-refractivity contribution >= 4 is 17.1 Å². The second kappa shape index (κ2) is 8.96. The number of carbonyl (C=O) groups is 1. The van der Waals surface area contributed by atoms with Gasteiger partial charge in [-0.2, -0.15) is 0 Å². The second-order valence-electron chi connectivity index (χ2n) is 9.55. The van der Waals surface area contributed by atoms with Gasteiger partial charge in [0.05, 0.1) is 25.3 Å². The van der Waals surface area contributed by atoms with Gasteiger partial charge in [-0.05, 0) is 75.4 Å². The van der Waals surface area contributed by atoms with Crippen LogP contribution >= 0.6 is 0 Å². The highest BCUT2D eigenvalue weighted by atomic mass is 16.6. The van der Waals surface area contributed by atoms with Gasteiger partial charge in [0.2, 0.25) is 0 Å². The van der Waals surface area contributed by atoms with Crippen molar-refractivity contribution in [2.24, 2.45) is 7.05 Å². The SMILES string of the molecule is COc1ccc(-c2nc3cc(C4CCN(C(=O)OC(C)(C)C)CC4)ccc3n2C)cc1OC. The molecule has 0 atom stereocenters. The van der Waals surface area contributed by atoms with Crippen LogP contribution in [0.15, 0.2) is 36.4 Å². The maximum atomic E-state index is 12.4. The molecule has 1 amide bonds. The summed E-state index contributed by atoms with van der Waals surface area (Å²) in [4.78, 5) is 19.1. The number of benzene rings is 2. The number of ether oxygens (including phenoxy) is 3. The minimum atomic E-state index is -0.469. The van der Waals surface area contributed by atoms with Gasteiger partial charge < -0.3 is 23.7 Å². The lowest BCUT2D eigenvalue weighted by Gasteiger charge is -2.33. The highest BCUT2D eigenvalue weighted by molar-refractivity contribution is 5.81. The number of amides is 1. The smallest absolute Gasteiger partial charge is 0.410 e. The third-order valence-electron chi connectivity index (χ3n) is 6.16. The molecule has 0 spiro atoms. The lowest BCUT2D eigenvalue weighted by atomic mass is 9.89. The number of carbonyl (C=O) groups excluding carboxylic acids is 1. The Balaban J connectivity index is 1.54. The van der Waals surface area contributed by atoms with E-state index in [9.17, 15) is 4.79 Å². The molecule has 0 unspecified atom stereocenters. The fraction of sp³-hybridized carbons (Fsp3) is 0.462. The lowest BCUT2D eigenvalue weighted by Crippen LogP contribution is -2.41. The van der Waals surface area contributed by atoms with Gasteiger partial charge in [0.25, 0.3) is 0 Å². The number of imidazole rings is 1. The number of fused-ring (bicyclic) bond motifs is 1. The van der Waals surface area contributed by atoms with Crippen molar-refractivity contribution in [2.75, 3.05) is 27.3 Å². The van der Waals surface area contributed by atoms with Crippen molar-refractivity contribution < 1.29 is 19.0 Å². The summed E-state index contributed by atoms with van der Waals surface area (Å²) in [5.74, 6) is 2.65. The van der Waals surface area contributed by atoms with Gasteiger partial charge in [-0.1, -0.05) is 6.07 Å². The summed E-state index contributed by atoms with van der Waals surface area (Å²) in [5, 5.41) is 0. The van der Waals surface area contributed by atoms with Crippen molar-refractivity contribution in [2.45, 2.75) is 45.1 Å². The first-order valence-corrected chi connectivity index (χ1v) is 11.4. The molecule has 1 saturated heterocycles. The molecule has 0 radical (unpaired) electrons. The van der Waals surface area contributed by atoms with Crippen LogP contribution in [-0.4, -0.2) is 53.5 Å². The minimum Gasteiger partial charge on any atom is -0.493 e. The Labute approximate surface area is 195 Å². The lowest BCUT2D eigenvalue weighted by molar-refractivity contribution is 0.0205. The Kier molecular flexibility index (Phi) is 6.23. The van der Waals surface area contributed by atoms with Gasteiger partial charge in [-0.3, -0.25) is 0 Å². The average molecular weight is 452 g/mol. The van der Waals surface area contributed by atoms with Crippen molar-refractivity contribution in [1.29, 1.82) is 0 Å².